The minimum absolute atomic E-state index is 0.498. The average Bonchev–Trinajstić information content (AvgIpc) is 2.77. The molecule has 1 aliphatic heterocycles. The maximum atomic E-state index is 10.6. The summed E-state index contributed by atoms with van der Waals surface area (Å²) >= 11 is 0. The predicted octanol–water partition coefficient (Wildman–Crippen LogP) is 0.119. The first-order valence-corrected chi connectivity index (χ1v) is 6.26. The predicted molar refractivity (Wildman–Crippen MR) is 70.9 cm³/mol. The number of benzene rings is 2. The van der Waals surface area contributed by atoms with Crippen molar-refractivity contribution in [1.29, 1.82) is 0 Å². The van der Waals surface area contributed by atoms with Crippen molar-refractivity contribution in [3.05, 3.63) is 65.7 Å². The third kappa shape index (κ3) is 2.06. The van der Waals surface area contributed by atoms with E-state index in [1.165, 1.54) is 5.56 Å². The third-order valence-corrected chi connectivity index (χ3v) is 3.51. The van der Waals surface area contributed by atoms with Crippen LogP contribution < -0.4 is 10.7 Å². The summed E-state index contributed by atoms with van der Waals surface area (Å²) in [7, 11) is 0. The van der Waals surface area contributed by atoms with Crippen LogP contribution in [0.15, 0.2) is 54.6 Å². The number of rotatable bonds is 3. The van der Waals surface area contributed by atoms with E-state index in [0.717, 1.165) is 11.0 Å². The van der Waals surface area contributed by atoms with Crippen molar-refractivity contribution in [2.24, 2.45) is 0 Å². The minimum atomic E-state index is -1.95. The molecule has 3 rings (SSSR count). The molecule has 92 valence electrons. The highest BCUT2D eigenvalue weighted by Crippen LogP contribution is 2.12. The zero-order chi connectivity index (χ0) is 12.4. The van der Waals surface area contributed by atoms with Gasteiger partial charge in [-0.05, 0) is 5.56 Å². The Bertz CT molecular complexity index is 547. The van der Waals surface area contributed by atoms with Crippen LogP contribution in [0.2, 0.25) is 0 Å². The highest BCUT2D eigenvalue weighted by molar-refractivity contribution is 6.73. The molecule has 2 aromatic carbocycles. The Balaban J connectivity index is 1.77. The van der Waals surface area contributed by atoms with E-state index in [9.17, 15) is 5.02 Å². The number of fused-ring (bicyclic) bond motifs is 1. The SMILES string of the molecule is O[B@@-]1([NH2+]Cc2ccccc2)OCc2ccccc21. The molecule has 0 saturated carbocycles. The smallest absolute Gasteiger partial charge is 0.497 e. The maximum absolute atomic E-state index is 10.6. The fraction of sp³-hybridized carbons (Fsp3) is 0.143. The number of nitrogens with two attached hydrogens (primary N) is 1. The lowest BCUT2D eigenvalue weighted by Crippen LogP contribution is -3.03. The third-order valence-electron chi connectivity index (χ3n) is 3.51. The Morgan fingerprint density at radius 1 is 1.06 bits per heavy atom. The van der Waals surface area contributed by atoms with E-state index in [1.54, 1.807) is 0 Å². The minimum Gasteiger partial charge on any atom is -0.524 e. The molecule has 1 heterocycles. The lowest BCUT2D eigenvalue weighted by Gasteiger charge is -2.26. The molecule has 1 atom stereocenters. The Hall–Kier alpha value is -1.62. The van der Waals surface area contributed by atoms with Crippen LogP contribution >= 0.6 is 0 Å². The fourth-order valence-electron chi connectivity index (χ4n) is 2.48. The topological polar surface area (TPSA) is 46.1 Å². The summed E-state index contributed by atoms with van der Waals surface area (Å²) in [6, 6.07) is 18.0. The van der Waals surface area contributed by atoms with Gasteiger partial charge in [-0.2, -0.15) is 0 Å². The largest absolute Gasteiger partial charge is 0.524 e. The van der Waals surface area contributed by atoms with Crippen molar-refractivity contribution in [2.75, 3.05) is 0 Å². The molecule has 0 saturated heterocycles. The molecule has 0 fully saturated rings. The van der Waals surface area contributed by atoms with Crippen molar-refractivity contribution in [3.63, 3.8) is 0 Å². The molecule has 0 unspecified atom stereocenters. The molecule has 0 radical (unpaired) electrons. The van der Waals surface area contributed by atoms with E-state index in [4.69, 9.17) is 4.65 Å². The van der Waals surface area contributed by atoms with Crippen LogP contribution in [-0.2, 0) is 17.8 Å². The molecular weight excluding hydrogens is 225 g/mol. The van der Waals surface area contributed by atoms with Gasteiger partial charge in [0, 0.05) is 12.2 Å². The first-order valence-electron chi connectivity index (χ1n) is 6.26. The molecule has 18 heavy (non-hydrogen) atoms. The van der Waals surface area contributed by atoms with Gasteiger partial charge in [-0.3, -0.25) is 0 Å². The van der Waals surface area contributed by atoms with Crippen LogP contribution in [0, 0.1) is 0 Å². The van der Waals surface area contributed by atoms with Crippen molar-refractivity contribution >= 4 is 12.1 Å². The lowest BCUT2D eigenvalue weighted by atomic mass is 9.64. The summed E-state index contributed by atoms with van der Waals surface area (Å²) in [5.74, 6) is 0. The molecule has 0 spiro atoms. The number of hydrogen-bond acceptors (Lipinski definition) is 2. The van der Waals surface area contributed by atoms with Gasteiger partial charge in [0.25, 0.3) is 0 Å². The molecule has 0 bridgehead atoms. The standard InChI is InChI=1S/C14H16BNO2/c17-15(16-10-12-6-2-1-3-7-12)14-9-5-4-8-13(14)11-18-15/h1-9,17H,10-11,16H2/t15-/m1/s1. The summed E-state index contributed by atoms with van der Waals surface area (Å²) in [6.45, 7) is -0.739. The summed E-state index contributed by atoms with van der Waals surface area (Å²) in [5.41, 5.74) is 3.19. The van der Waals surface area contributed by atoms with E-state index in [1.807, 2.05) is 47.7 Å². The normalized spacial score (nSPS) is 21.8. The zero-order valence-corrected chi connectivity index (χ0v) is 10.1. The number of hydrogen-bond donors (Lipinski definition) is 2. The second-order valence-corrected chi connectivity index (χ2v) is 4.74. The first-order chi connectivity index (χ1) is 8.78. The average molecular weight is 241 g/mol. The van der Waals surface area contributed by atoms with Crippen molar-refractivity contribution in [3.8, 4) is 0 Å². The van der Waals surface area contributed by atoms with Gasteiger partial charge < -0.3 is 14.9 Å². The molecule has 0 aliphatic carbocycles. The maximum Gasteiger partial charge on any atom is 0.497 e. The molecule has 0 amide bonds. The van der Waals surface area contributed by atoms with Crippen LogP contribution in [0.25, 0.3) is 0 Å². The van der Waals surface area contributed by atoms with Crippen LogP contribution in [-0.4, -0.2) is 11.7 Å². The van der Waals surface area contributed by atoms with Gasteiger partial charge in [0.1, 0.15) is 0 Å². The van der Waals surface area contributed by atoms with E-state index in [-0.39, 0.29) is 0 Å². The van der Waals surface area contributed by atoms with E-state index in [2.05, 4.69) is 12.1 Å². The van der Waals surface area contributed by atoms with Crippen molar-refractivity contribution in [2.45, 2.75) is 13.2 Å². The van der Waals surface area contributed by atoms with E-state index >= 15 is 0 Å². The van der Waals surface area contributed by atoms with Gasteiger partial charge in [0.05, 0.1) is 6.54 Å². The first kappa shape index (κ1) is 11.5. The van der Waals surface area contributed by atoms with Crippen molar-refractivity contribution < 1.29 is 14.9 Å². The molecule has 3 nitrogen and oxygen atoms in total. The monoisotopic (exact) mass is 241 g/mol. The van der Waals surface area contributed by atoms with Crippen molar-refractivity contribution in [1.82, 2.24) is 0 Å². The van der Waals surface area contributed by atoms with Gasteiger partial charge in [0.2, 0.25) is 0 Å². The summed E-state index contributed by atoms with van der Waals surface area (Å²) in [4.78, 5) is 0. The Morgan fingerprint density at radius 2 is 1.78 bits per heavy atom. The fourth-order valence-corrected chi connectivity index (χ4v) is 2.48. The van der Waals surface area contributed by atoms with Gasteiger partial charge in [-0.1, -0.05) is 60.1 Å². The van der Waals surface area contributed by atoms with Crippen LogP contribution in [0.4, 0.5) is 0 Å². The summed E-state index contributed by atoms with van der Waals surface area (Å²) in [5, 5.41) is 12.5. The Labute approximate surface area is 106 Å². The Kier molecular flexibility index (Phi) is 2.92. The molecule has 3 N–H and O–H groups in total. The quantitative estimate of drug-likeness (QED) is 0.750. The van der Waals surface area contributed by atoms with Gasteiger partial charge >= 0.3 is 6.69 Å². The second kappa shape index (κ2) is 4.57. The van der Waals surface area contributed by atoms with Gasteiger partial charge in [0.15, 0.2) is 0 Å². The number of quaternary nitrogens is 1. The van der Waals surface area contributed by atoms with E-state index < -0.39 is 6.69 Å². The second-order valence-electron chi connectivity index (χ2n) is 4.74. The van der Waals surface area contributed by atoms with Gasteiger partial charge in [-0.25, -0.2) is 0 Å². The van der Waals surface area contributed by atoms with Gasteiger partial charge in [-0.15, -0.1) is 0 Å². The Morgan fingerprint density at radius 3 is 2.61 bits per heavy atom. The molecular formula is C14H16BNO2. The highest BCUT2D eigenvalue weighted by atomic mass is 16.5. The summed E-state index contributed by atoms with van der Waals surface area (Å²) in [6.07, 6.45) is 0. The van der Waals surface area contributed by atoms with Crippen LogP contribution in [0.5, 0.6) is 0 Å². The van der Waals surface area contributed by atoms with E-state index in [0.29, 0.717) is 13.2 Å². The van der Waals surface area contributed by atoms with Crippen LogP contribution in [0.1, 0.15) is 11.1 Å². The molecule has 2 aromatic rings. The lowest BCUT2D eigenvalue weighted by molar-refractivity contribution is -0.573. The molecule has 4 heteroatoms. The molecule has 1 aliphatic rings. The molecule has 0 aromatic heterocycles. The van der Waals surface area contributed by atoms with Crippen LogP contribution in [0.3, 0.4) is 0 Å². The highest BCUT2D eigenvalue weighted by Gasteiger charge is 2.39. The zero-order valence-electron chi connectivity index (χ0n) is 10.1. The summed E-state index contributed by atoms with van der Waals surface area (Å²) < 4.78 is 5.60.